The van der Waals surface area contributed by atoms with E-state index in [4.69, 9.17) is 5.73 Å². The van der Waals surface area contributed by atoms with Crippen molar-refractivity contribution in [1.82, 2.24) is 4.72 Å². The molecule has 1 amide bonds. The molecule has 0 heterocycles. The van der Waals surface area contributed by atoms with Crippen molar-refractivity contribution in [3.8, 4) is 0 Å². The summed E-state index contributed by atoms with van der Waals surface area (Å²) in [6, 6.07) is 4.58. The third-order valence-electron chi connectivity index (χ3n) is 1.97. The Morgan fingerprint density at radius 1 is 1.53 bits per heavy atom. The van der Waals surface area contributed by atoms with Crippen molar-refractivity contribution in [3.05, 3.63) is 35.6 Å². The van der Waals surface area contributed by atoms with Crippen LogP contribution >= 0.6 is 0 Å². The third-order valence-corrected chi connectivity index (χ3v) is 2.54. The van der Waals surface area contributed by atoms with E-state index < -0.39 is 27.8 Å². The molecule has 0 saturated carbocycles. The zero-order valence-electron chi connectivity index (χ0n) is 9.18. The molecule has 1 rings (SSSR count). The van der Waals surface area contributed by atoms with E-state index in [9.17, 15) is 17.6 Å². The number of hydrogen-bond acceptors (Lipinski definition) is 4. The summed E-state index contributed by atoms with van der Waals surface area (Å²) in [6.07, 6.45) is 0.929. The van der Waals surface area contributed by atoms with Crippen molar-refractivity contribution in [3.63, 3.8) is 0 Å². The van der Waals surface area contributed by atoms with E-state index in [0.29, 0.717) is 5.56 Å². The predicted molar refractivity (Wildman–Crippen MR) is 61.1 cm³/mol. The van der Waals surface area contributed by atoms with Crippen molar-refractivity contribution in [2.75, 3.05) is 6.26 Å². The lowest BCUT2D eigenvalue weighted by atomic mass is 10.1. The third kappa shape index (κ3) is 4.92. The Balaban J connectivity index is 2.66. The van der Waals surface area contributed by atoms with Crippen LogP contribution in [0.4, 0.5) is 4.39 Å². The summed E-state index contributed by atoms with van der Waals surface area (Å²) in [6.45, 7) is 0. The van der Waals surface area contributed by atoms with Gasteiger partial charge in [0.15, 0.2) is 0 Å². The highest BCUT2D eigenvalue weighted by Gasteiger charge is 2.17. The molecule has 3 N–H and O–H groups in total. The molecule has 0 unspecified atom stereocenters. The first-order valence-corrected chi connectivity index (χ1v) is 6.69. The zero-order chi connectivity index (χ0) is 13.1. The van der Waals surface area contributed by atoms with E-state index >= 15 is 0 Å². The molecule has 0 spiro atoms. The van der Waals surface area contributed by atoms with Crippen LogP contribution < -0.4 is 10.5 Å². The summed E-state index contributed by atoms with van der Waals surface area (Å²) < 4.78 is 36.2. The smallest absolute Gasteiger partial charge is 0.250 e. The second-order valence-corrected chi connectivity index (χ2v) is 5.43. The highest BCUT2D eigenvalue weighted by atomic mass is 32.2. The molecule has 0 bridgehead atoms. The summed E-state index contributed by atoms with van der Waals surface area (Å²) in [5.74, 6) is -1.24. The van der Waals surface area contributed by atoms with Crippen LogP contribution in [0, 0.1) is 5.82 Å². The molecule has 0 radical (unpaired) electrons. The Kier molecular flexibility index (Phi) is 4.19. The number of sulfonamides is 1. The number of nitrogens with one attached hydrogen (secondary N) is 1. The van der Waals surface area contributed by atoms with E-state index in [1.807, 2.05) is 0 Å². The van der Waals surface area contributed by atoms with Crippen molar-refractivity contribution in [1.29, 1.82) is 0 Å². The molecular weight excluding hydrogens is 247 g/mol. The van der Waals surface area contributed by atoms with Crippen LogP contribution in [-0.2, 0) is 21.2 Å². The summed E-state index contributed by atoms with van der Waals surface area (Å²) in [5, 5.41) is 0. The van der Waals surface area contributed by atoms with Crippen LogP contribution in [0.5, 0.6) is 0 Å². The second-order valence-electron chi connectivity index (χ2n) is 3.68. The van der Waals surface area contributed by atoms with Crippen molar-refractivity contribution in [2.24, 2.45) is 5.73 Å². The maximum Gasteiger partial charge on any atom is 0.250 e. The van der Waals surface area contributed by atoms with Gasteiger partial charge >= 0.3 is 0 Å². The van der Waals surface area contributed by atoms with Crippen LogP contribution in [0.1, 0.15) is 5.56 Å². The minimum atomic E-state index is -3.62. The number of carbonyl (C=O) groups is 1. The first-order valence-electron chi connectivity index (χ1n) is 4.79. The molecule has 1 aromatic carbocycles. The van der Waals surface area contributed by atoms with E-state index in [1.165, 1.54) is 18.2 Å². The Labute approximate surface area is 98.9 Å². The molecule has 5 nitrogen and oxygen atoms in total. The predicted octanol–water partition coefficient (Wildman–Crippen LogP) is -0.229. The van der Waals surface area contributed by atoms with E-state index in [0.717, 1.165) is 6.26 Å². The molecule has 1 aromatic rings. The summed E-state index contributed by atoms with van der Waals surface area (Å²) >= 11 is 0. The van der Waals surface area contributed by atoms with Crippen LogP contribution in [0.3, 0.4) is 0 Å². The minimum Gasteiger partial charge on any atom is -0.320 e. The molecule has 17 heavy (non-hydrogen) atoms. The van der Waals surface area contributed by atoms with Gasteiger partial charge < -0.3 is 5.73 Å². The minimum absolute atomic E-state index is 0.0686. The Bertz CT molecular complexity index is 516. The first kappa shape index (κ1) is 13.6. The van der Waals surface area contributed by atoms with Gasteiger partial charge in [-0.3, -0.25) is 9.52 Å². The highest BCUT2D eigenvalue weighted by molar-refractivity contribution is 7.89. The maximum absolute atomic E-state index is 12.9. The molecule has 7 heteroatoms. The molecule has 0 fully saturated rings. The van der Waals surface area contributed by atoms with Crippen LogP contribution in [0.15, 0.2) is 24.3 Å². The Hall–Kier alpha value is -1.47. The number of hydrogen-bond donors (Lipinski definition) is 2. The SMILES string of the molecule is CS(=O)(=O)NC(=O)[C@@H](N)Cc1cccc(F)c1. The Morgan fingerprint density at radius 2 is 2.18 bits per heavy atom. The van der Waals surface area contributed by atoms with Crippen molar-refractivity contribution >= 4 is 15.9 Å². The van der Waals surface area contributed by atoms with Crippen molar-refractivity contribution in [2.45, 2.75) is 12.5 Å². The topological polar surface area (TPSA) is 89.3 Å². The molecule has 94 valence electrons. The molecule has 1 atom stereocenters. The van der Waals surface area contributed by atoms with Gasteiger partial charge in [0.1, 0.15) is 5.82 Å². The lowest BCUT2D eigenvalue weighted by molar-refractivity contribution is -0.120. The van der Waals surface area contributed by atoms with Gasteiger partial charge in [-0.15, -0.1) is 0 Å². The number of carbonyl (C=O) groups excluding carboxylic acids is 1. The van der Waals surface area contributed by atoms with Gasteiger partial charge in [0.2, 0.25) is 10.0 Å². The molecule has 0 aromatic heterocycles. The molecule has 0 aliphatic heterocycles. The van der Waals surface area contributed by atoms with Gasteiger partial charge in [-0.2, -0.15) is 0 Å². The summed E-state index contributed by atoms with van der Waals surface area (Å²) in [5.41, 5.74) is 6.04. The number of amides is 1. The average Bonchev–Trinajstić information content (AvgIpc) is 2.14. The molecular formula is C10H13FN2O3S. The fourth-order valence-corrected chi connectivity index (χ4v) is 1.79. The fraction of sp³-hybridized carbons (Fsp3) is 0.300. The van der Waals surface area contributed by atoms with Crippen LogP contribution in [0.25, 0.3) is 0 Å². The zero-order valence-corrected chi connectivity index (χ0v) is 10.00. The summed E-state index contributed by atoms with van der Waals surface area (Å²) in [7, 11) is -3.62. The maximum atomic E-state index is 12.9. The van der Waals surface area contributed by atoms with Gasteiger partial charge in [0.25, 0.3) is 5.91 Å². The molecule has 0 saturated heterocycles. The number of rotatable bonds is 4. The number of nitrogens with two attached hydrogens (primary N) is 1. The van der Waals surface area contributed by atoms with E-state index in [-0.39, 0.29) is 6.42 Å². The largest absolute Gasteiger partial charge is 0.320 e. The number of halogens is 1. The van der Waals surface area contributed by atoms with Crippen LogP contribution in [0.2, 0.25) is 0 Å². The molecule has 0 aliphatic carbocycles. The van der Waals surface area contributed by atoms with Crippen molar-refractivity contribution < 1.29 is 17.6 Å². The highest BCUT2D eigenvalue weighted by Crippen LogP contribution is 2.05. The summed E-state index contributed by atoms with van der Waals surface area (Å²) in [4.78, 5) is 11.3. The first-order chi connectivity index (χ1) is 7.78. The van der Waals surface area contributed by atoms with Gasteiger partial charge in [0, 0.05) is 0 Å². The Morgan fingerprint density at radius 3 is 2.71 bits per heavy atom. The van der Waals surface area contributed by atoms with E-state index in [2.05, 4.69) is 0 Å². The van der Waals surface area contributed by atoms with E-state index in [1.54, 1.807) is 10.8 Å². The second kappa shape index (κ2) is 5.24. The van der Waals surface area contributed by atoms with Gasteiger partial charge in [-0.1, -0.05) is 12.1 Å². The lowest BCUT2D eigenvalue weighted by Crippen LogP contribution is -2.44. The lowest BCUT2D eigenvalue weighted by Gasteiger charge is -2.11. The van der Waals surface area contributed by atoms with Crippen LogP contribution in [-0.4, -0.2) is 26.6 Å². The fourth-order valence-electron chi connectivity index (χ4n) is 1.27. The monoisotopic (exact) mass is 260 g/mol. The normalized spacial score (nSPS) is 13.1. The van der Waals surface area contributed by atoms with Gasteiger partial charge in [-0.25, -0.2) is 12.8 Å². The van der Waals surface area contributed by atoms with Gasteiger partial charge in [0.05, 0.1) is 12.3 Å². The average molecular weight is 260 g/mol. The molecule has 0 aliphatic rings. The number of benzene rings is 1. The van der Waals surface area contributed by atoms with Gasteiger partial charge in [-0.05, 0) is 24.1 Å². The quantitative estimate of drug-likeness (QED) is 0.782. The standard InChI is InChI=1S/C10H13FN2O3S/c1-17(15,16)13-10(14)9(12)6-7-3-2-4-8(11)5-7/h2-5,9H,6,12H2,1H3,(H,13,14)/t9-/m0/s1.